The van der Waals surface area contributed by atoms with Crippen molar-refractivity contribution >= 4 is 11.9 Å². The average molecular weight is 283 g/mol. The summed E-state index contributed by atoms with van der Waals surface area (Å²) >= 11 is 0. The predicted molar refractivity (Wildman–Crippen MR) is 67.8 cm³/mol. The van der Waals surface area contributed by atoms with Crippen LogP contribution in [0.2, 0.25) is 0 Å². The average Bonchev–Trinajstić information content (AvgIpc) is 2.46. The Bertz CT molecular complexity index is 476. The van der Waals surface area contributed by atoms with E-state index in [1.807, 2.05) is 0 Å². The van der Waals surface area contributed by atoms with E-state index in [4.69, 9.17) is 4.74 Å². The van der Waals surface area contributed by atoms with E-state index in [1.54, 1.807) is 6.92 Å². The topological polar surface area (TPSA) is 106 Å². The molecule has 2 N–H and O–H groups in total. The molecule has 0 amide bonds. The molecule has 0 saturated heterocycles. The van der Waals surface area contributed by atoms with E-state index in [9.17, 15) is 19.8 Å². The van der Waals surface area contributed by atoms with Gasteiger partial charge in [0.25, 0.3) is 0 Å². The Morgan fingerprint density at radius 3 is 2.65 bits per heavy atom. The van der Waals surface area contributed by atoms with Crippen LogP contribution in [-0.2, 0) is 14.3 Å². The van der Waals surface area contributed by atoms with Gasteiger partial charge in [-0.2, -0.15) is 0 Å². The highest BCUT2D eigenvalue weighted by atomic mass is 16.5. The fourth-order valence-corrected chi connectivity index (χ4v) is 1.50. The predicted octanol–water partition coefficient (Wildman–Crippen LogP) is 0.216. The molecule has 1 rings (SSSR count). The number of methoxy groups -OCH3 is 1. The standard InChI is InChI=1S/C13H17NO6/c1-3-20-13(18)9-6-4-5-8(14-9)12(17)10(15)7-11(16)19-2/h4-6,10,12,15,17H,3,7H2,1-2H3. The Labute approximate surface area is 116 Å². The molecule has 0 fully saturated rings. The number of aliphatic hydroxyl groups excluding tert-OH is 2. The number of hydrogen-bond acceptors (Lipinski definition) is 7. The summed E-state index contributed by atoms with van der Waals surface area (Å²) in [6.07, 6.45) is -3.14. The lowest BCUT2D eigenvalue weighted by molar-refractivity contribution is -0.144. The van der Waals surface area contributed by atoms with E-state index in [0.29, 0.717) is 0 Å². The van der Waals surface area contributed by atoms with Crippen LogP contribution in [0.3, 0.4) is 0 Å². The molecule has 0 aliphatic carbocycles. The number of rotatable bonds is 6. The molecule has 1 aromatic rings. The normalized spacial score (nSPS) is 13.4. The summed E-state index contributed by atoms with van der Waals surface area (Å²) in [5.74, 6) is -1.28. The molecule has 110 valence electrons. The second-order valence-electron chi connectivity index (χ2n) is 3.96. The van der Waals surface area contributed by atoms with Gasteiger partial charge >= 0.3 is 11.9 Å². The molecule has 0 saturated carbocycles. The molecule has 2 unspecified atom stereocenters. The Morgan fingerprint density at radius 1 is 1.35 bits per heavy atom. The molecule has 0 radical (unpaired) electrons. The van der Waals surface area contributed by atoms with Crippen molar-refractivity contribution in [2.75, 3.05) is 13.7 Å². The van der Waals surface area contributed by atoms with Crippen LogP contribution >= 0.6 is 0 Å². The van der Waals surface area contributed by atoms with Crippen molar-refractivity contribution in [3.05, 3.63) is 29.6 Å². The largest absolute Gasteiger partial charge is 0.469 e. The van der Waals surface area contributed by atoms with Gasteiger partial charge in [0, 0.05) is 0 Å². The second-order valence-corrected chi connectivity index (χ2v) is 3.96. The molecule has 2 atom stereocenters. The fourth-order valence-electron chi connectivity index (χ4n) is 1.50. The minimum atomic E-state index is -1.40. The highest BCUT2D eigenvalue weighted by molar-refractivity contribution is 5.87. The smallest absolute Gasteiger partial charge is 0.356 e. The number of carbonyl (C=O) groups excluding carboxylic acids is 2. The zero-order valence-corrected chi connectivity index (χ0v) is 11.3. The molecule has 7 nitrogen and oxygen atoms in total. The molecule has 0 aromatic carbocycles. The number of esters is 2. The van der Waals surface area contributed by atoms with Gasteiger partial charge in [-0.15, -0.1) is 0 Å². The third kappa shape index (κ3) is 4.29. The lowest BCUT2D eigenvalue weighted by Gasteiger charge is -2.16. The van der Waals surface area contributed by atoms with Gasteiger partial charge in [0.1, 0.15) is 11.8 Å². The zero-order chi connectivity index (χ0) is 15.1. The van der Waals surface area contributed by atoms with Crippen molar-refractivity contribution in [3.63, 3.8) is 0 Å². The second kappa shape index (κ2) is 7.56. The molecule has 0 spiro atoms. The molecule has 0 aliphatic heterocycles. The highest BCUT2D eigenvalue weighted by Gasteiger charge is 2.23. The van der Waals surface area contributed by atoms with Gasteiger partial charge < -0.3 is 19.7 Å². The maximum Gasteiger partial charge on any atom is 0.356 e. The van der Waals surface area contributed by atoms with Crippen LogP contribution in [0.4, 0.5) is 0 Å². The maximum atomic E-state index is 11.5. The SMILES string of the molecule is CCOC(=O)c1cccc(C(O)C(O)CC(=O)OC)n1. The van der Waals surface area contributed by atoms with E-state index in [0.717, 1.165) is 0 Å². The first kappa shape index (κ1) is 16.1. The summed E-state index contributed by atoms with van der Waals surface area (Å²) in [5, 5.41) is 19.6. The lowest BCUT2D eigenvalue weighted by Crippen LogP contribution is -2.24. The minimum Gasteiger partial charge on any atom is -0.469 e. The third-order valence-corrected chi connectivity index (χ3v) is 2.53. The number of aliphatic hydroxyl groups is 2. The first-order valence-corrected chi connectivity index (χ1v) is 6.06. The van der Waals surface area contributed by atoms with Gasteiger partial charge in [0.2, 0.25) is 0 Å². The Hall–Kier alpha value is -1.99. The number of hydrogen-bond donors (Lipinski definition) is 2. The minimum absolute atomic E-state index is 0.0219. The van der Waals surface area contributed by atoms with E-state index in [1.165, 1.54) is 25.3 Å². The Balaban J connectivity index is 2.82. The number of aromatic nitrogens is 1. The summed E-state index contributed by atoms with van der Waals surface area (Å²) < 4.78 is 9.18. The first-order valence-electron chi connectivity index (χ1n) is 6.06. The van der Waals surface area contributed by atoms with Gasteiger partial charge in [-0.05, 0) is 19.1 Å². The van der Waals surface area contributed by atoms with Crippen molar-refractivity contribution in [2.24, 2.45) is 0 Å². The van der Waals surface area contributed by atoms with Crippen LogP contribution in [0.1, 0.15) is 35.6 Å². The highest BCUT2D eigenvalue weighted by Crippen LogP contribution is 2.18. The van der Waals surface area contributed by atoms with Crippen LogP contribution in [-0.4, -0.2) is 47.0 Å². The van der Waals surface area contributed by atoms with Crippen LogP contribution in [0.15, 0.2) is 18.2 Å². The molecule has 7 heteroatoms. The van der Waals surface area contributed by atoms with Gasteiger partial charge in [-0.25, -0.2) is 9.78 Å². The molecule has 1 aromatic heterocycles. The van der Waals surface area contributed by atoms with E-state index < -0.39 is 24.1 Å². The summed E-state index contributed by atoms with van der Waals surface area (Å²) in [6.45, 7) is 1.87. The van der Waals surface area contributed by atoms with Gasteiger partial charge in [-0.1, -0.05) is 6.07 Å². The number of ether oxygens (including phenoxy) is 2. The Kier molecular flexibility index (Phi) is 6.08. The summed E-state index contributed by atoms with van der Waals surface area (Å²) in [7, 11) is 1.18. The molecule has 0 bridgehead atoms. The summed E-state index contributed by atoms with van der Waals surface area (Å²) in [5.41, 5.74) is 0.0978. The molecular weight excluding hydrogens is 266 g/mol. The van der Waals surface area contributed by atoms with Crippen molar-refractivity contribution in [2.45, 2.75) is 25.6 Å². The molecule has 20 heavy (non-hydrogen) atoms. The fraction of sp³-hybridized carbons (Fsp3) is 0.462. The van der Waals surface area contributed by atoms with E-state index in [-0.39, 0.29) is 24.4 Å². The van der Waals surface area contributed by atoms with Crippen LogP contribution in [0.25, 0.3) is 0 Å². The number of carbonyl (C=O) groups is 2. The van der Waals surface area contributed by atoms with Crippen molar-refractivity contribution in [1.82, 2.24) is 4.98 Å². The van der Waals surface area contributed by atoms with Crippen molar-refractivity contribution in [3.8, 4) is 0 Å². The van der Waals surface area contributed by atoms with E-state index in [2.05, 4.69) is 9.72 Å². The number of pyridine rings is 1. The van der Waals surface area contributed by atoms with Gasteiger partial charge in [-0.3, -0.25) is 4.79 Å². The van der Waals surface area contributed by atoms with Crippen LogP contribution in [0.5, 0.6) is 0 Å². The van der Waals surface area contributed by atoms with Crippen molar-refractivity contribution < 1.29 is 29.3 Å². The number of nitrogens with zero attached hydrogens (tertiary/aromatic N) is 1. The third-order valence-electron chi connectivity index (χ3n) is 2.53. The van der Waals surface area contributed by atoms with Crippen molar-refractivity contribution in [1.29, 1.82) is 0 Å². The van der Waals surface area contributed by atoms with E-state index >= 15 is 0 Å². The van der Waals surface area contributed by atoms with Gasteiger partial charge in [0.05, 0.1) is 31.9 Å². The maximum absolute atomic E-state index is 11.5. The monoisotopic (exact) mass is 283 g/mol. The Morgan fingerprint density at radius 2 is 2.05 bits per heavy atom. The molecule has 1 heterocycles. The molecule has 0 aliphatic rings. The first-order chi connectivity index (χ1) is 9.49. The zero-order valence-electron chi connectivity index (χ0n) is 11.3. The quantitative estimate of drug-likeness (QED) is 0.719. The van der Waals surface area contributed by atoms with Crippen LogP contribution < -0.4 is 0 Å². The summed E-state index contributed by atoms with van der Waals surface area (Å²) in [4.78, 5) is 26.4. The molecular formula is C13H17NO6. The van der Waals surface area contributed by atoms with Gasteiger partial charge in [0.15, 0.2) is 0 Å². The van der Waals surface area contributed by atoms with Crippen LogP contribution in [0, 0.1) is 0 Å². The lowest BCUT2D eigenvalue weighted by atomic mass is 10.1. The summed E-state index contributed by atoms with van der Waals surface area (Å²) in [6, 6.07) is 4.37.